The normalized spacial score (nSPS) is 13.8. The van der Waals surface area contributed by atoms with E-state index in [4.69, 9.17) is 9.47 Å². The summed E-state index contributed by atoms with van der Waals surface area (Å²) in [6.07, 6.45) is 1.59. The van der Waals surface area contributed by atoms with Gasteiger partial charge < -0.3 is 19.3 Å². The number of methoxy groups -OCH3 is 1. The molecule has 0 bridgehead atoms. The SMILES string of the molecule is CCOc1ccccc1C(=O)N1CCN(c2ncnc3c(-c4ccc(OC)cc4)nsc23)CC1. The fourth-order valence-electron chi connectivity index (χ4n) is 4.13. The number of para-hydroxylation sites is 1. The summed E-state index contributed by atoms with van der Waals surface area (Å²) in [4.78, 5) is 26.3. The van der Waals surface area contributed by atoms with E-state index >= 15 is 0 Å². The molecule has 1 amide bonds. The van der Waals surface area contributed by atoms with Crippen LogP contribution in [0.3, 0.4) is 0 Å². The quantitative estimate of drug-likeness (QED) is 0.415. The van der Waals surface area contributed by atoms with E-state index in [1.807, 2.05) is 60.4 Å². The van der Waals surface area contributed by atoms with Gasteiger partial charge in [-0.3, -0.25) is 4.79 Å². The monoisotopic (exact) mass is 475 g/mol. The number of anilines is 1. The molecule has 0 radical (unpaired) electrons. The zero-order valence-electron chi connectivity index (χ0n) is 19.1. The van der Waals surface area contributed by atoms with Crippen LogP contribution in [0.5, 0.6) is 11.5 Å². The Labute approximate surface area is 201 Å². The van der Waals surface area contributed by atoms with Crippen LogP contribution in [0, 0.1) is 0 Å². The van der Waals surface area contributed by atoms with Gasteiger partial charge in [-0.15, -0.1) is 0 Å². The molecule has 0 N–H and O–H groups in total. The number of ether oxygens (including phenoxy) is 2. The maximum Gasteiger partial charge on any atom is 0.257 e. The number of rotatable bonds is 6. The van der Waals surface area contributed by atoms with Crippen LogP contribution in [-0.4, -0.2) is 65.0 Å². The average Bonchev–Trinajstić information content (AvgIpc) is 3.33. The van der Waals surface area contributed by atoms with E-state index < -0.39 is 0 Å². The number of nitrogens with zero attached hydrogens (tertiary/aromatic N) is 5. The van der Waals surface area contributed by atoms with Crippen molar-refractivity contribution in [1.29, 1.82) is 0 Å². The fourth-order valence-corrected chi connectivity index (χ4v) is 5.01. The lowest BCUT2D eigenvalue weighted by atomic mass is 10.1. The number of hydrogen-bond acceptors (Lipinski definition) is 8. The first-order chi connectivity index (χ1) is 16.7. The summed E-state index contributed by atoms with van der Waals surface area (Å²) in [5.41, 5.74) is 3.27. The Morgan fingerprint density at radius 3 is 2.53 bits per heavy atom. The molecular formula is C25H25N5O3S. The molecule has 0 aliphatic carbocycles. The summed E-state index contributed by atoms with van der Waals surface area (Å²) in [5, 5.41) is 0. The summed E-state index contributed by atoms with van der Waals surface area (Å²) in [5.74, 6) is 2.29. The Morgan fingerprint density at radius 2 is 1.79 bits per heavy atom. The van der Waals surface area contributed by atoms with Crippen molar-refractivity contribution in [2.75, 3.05) is 44.8 Å². The van der Waals surface area contributed by atoms with Crippen LogP contribution < -0.4 is 14.4 Å². The van der Waals surface area contributed by atoms with Gasteiger partial charge in [0.2, 0.25) is 0 Å². The lowest BCUT2D eigenvalue weighted by Crippen LogP contribution is -2.49. The van der Waals surface area contributed by atoms with Gasteiger partial charge in [0.05, 0.1) is 19.3 Å². The van der Waals surface area contributed by atoms with Gasteiger partial charge in [-0.2, -0.15) is 4.37 Å². The average molecular weight is 476 g/mol. The van der Waals surface area contributed by atoms with Crippen molar-refractivity contribution in [3.63, 3.8) is 0 Å². The fraction of sp³-hybridized carbons (Fsp3) is 0.280. The highest BCUT2D eigenvalue weighted by Crippen LogP contribution is 2.35. The molecule has 1 aliphatic heterocycles. The van der Waals surface area contributed by atoms with Crippen molar-refractivity contribution < 1.29 is 14.3 Å². The second kappa shape index (κ2) is 9.64. The van der Waals surface area contributed by atoms with Crippen molar-refractivity contribution in [3.8, 4) is 22.8 Å². The Morgan fingerprint density at radius 1 is 1.03 bits per heavy atom. The number of carbonyl (C=O) groups is 1. The predicted molar refractivity (Wildman–Crippen MR) is 133 cm³/mol. The van der Waals surface area contributed by atoms with Crippen LogP contribution in [0.15, 0.2) is 54.9 Å². The van der Waals surface area contributed by atoms with Crippen LogP contribution in [-0.2, 0) is 0 Å². The summed E-state index contributed by atoms with van der Waals surface area (Å²) in [7, 11) is 1.65. The maximum absolute atomic E-state index is 13.1. The van der Waals surface area contributed by atoms with Gasteiger partial charge in [-0.05, 0) is 54.9 Å². The van der Waals surface area contributed by atoms with Gasteiger partial charge in [0.1, 0.15) is 33.7 Å². The lowest BCUT2D eigenvalue weighted by molar-refractivity contribution is 0.0742. The van der Waals surface area contributed by atoms with E-state index in [9.17, 15) is 4.79 Å². The van der Waals surface area contributed by atoms with E-state index in [-0.39, 0.29) is 5.91 Å². The number of hydrogen-bond donors (Lipinski definition) is 0. The van der Waals surface area contributed by atoms with Crippen LogP contribution in [0.25, 0.3) is 21.5 Å². The summed E-state index contributed by atoms with van der Waals surface area (Å²) in [6, 6.07) is 15.2. The van der Waals surface area contributed by atoms with Crippen molar-refractivity contribution in [2.45, 2.75) is 6.92 Å². The maximum atomic E-state index is 13.1. The van der Waals surface area contributed by atoms with Gasteiger partial charge in [0, 0.05) is 31.7 Å². The summed E-state index contributed by atoms with van der Waals surface area (Å²) >= 11 is 1.41. The smallest absolute Gasteiger partial charge is 0.257 e. The highest BCUT2D eigenvalue weighted by Gasteiger charge is 2.26. The van der Waals surface area contributed by atoms with Crippen molar-refractivity contribution >= 4 is 33.5 Å². The Hall–Kier alpha value is -3.72. The zero-order chi connectivity index (χ0) is 23.5. The first-order valence-corrected chi connectivity index (χ1v) is 12.0. The molecule has 8 nitrogen and oxygen atoms in total. The second-order valence-electron chi connectivity index (χ2n) is 7.84. The van der Waals surface area contributed by atoms with E-state index in [1.54, 1.807) is 13.4 Å². The molecule has 3 heterocycles. The van der Waals surface area contributed by atoms with Gasteiger partial charge >= 0.3 is 0 Å². The third kappa shape index (κ3) is 4.14. The molecule has 5 rings (SSSR count). The molecule has 9 heteroatoms. The number of carbonyl (C=O) groups excluding carboxylic acids is 1. The number of fused-ring (bicyclic) bond motifs is 1. The lowest BCUT2D eigenvalue weighted by Gasteiger charge is -2.35. The van der Waals surface area contributed by atoms with Crippen molar-refractivity contribution in [2.24, 2.45) is 0 Å². The Kier molecular flexibility index (Phi) is 6.27. The summed E-state index contributed by atoms with van der Waals surface area (Å²) in [6.45, 7) is 5.02. The third-order valence-corrected chi connectivity index (χ3v) is 6.72. The van der Waals surface area contributed by atoms with Crippen LogP contribution >= 0.6 is 11.5 Å². The van der Waals surface area contributed by atoms with Crippen molar-refractivity contribution in [3.05, 3.63) is 60.4 Å². The molecule has 34 heavy (non-hydrogen) atoms. The Balaban J connectivity index is 1.34. The van der Waals surface area contributed by atoms with Crippen molar-refractivity contribution in [1.82, 2.24) is 19.2 Å². The van der Waals surface area contributed by atoms with Gasteiger partial charge in [-0.25, -0.2) is 9.97 Å². The highest BCUT2D eigenvalue weighted by atomic mass is 32.1. The molecule has 2 aromatic heterocycles. The molecule has 4 aromatic rings. The minimum Gasteiger partial charge on any atom is -0.497 e. The highest BCUT2D eigenvalue weighted by molar-refractivity contribution is 7.14. The largest absolute Gasteiger partial charge is 0.497 e. The van der Waals surface area contributed by atoms with Crippen LogP contribution in [0.1, 0.15) is 17.3 Å². The molecule has 1 fully saturated rings. The number of amides is 1. The van der Waals surface area contributed by atoms with Crippen LogP contribution in [0.4, 0.5) is 5.82 Å². The van der Waals surface area contributed by atoms with Gasteiger partial charge in [-0.1, -0.05) is 12.1 Å². The topological polar surface area (TPSA) is 80.7 Å². The predicted octanol–water partition coefficient (Wildman–Crippen LogP) is 4.12. The molecule has 1 saturated heterocycles. The molecule has 0 unspecified atom stereocenters. The number of piperazine rings is 1. The van der Waals surface area contributed by atoms with E-state index in [2.05, 4.69) is 19.2 Å². The minimum atomic E-state index is -0.00360. The first-order valence-electron chi connectivity index (χ1n) is 11.2. The number of benzene rings is 2. The molecule has 1 aliphatic rings. The summed E-state index contributed by atoms with van der Waals surface area (Å²) < 4.78 is 16.5. The first kappa shape index (κ1) is 22.1. The van der Waals surface area contributed by atoms with Gasteiger partial charge in [0.25, 0.3) is 5.91 Å². The van der Waals surface area contributed by atoms with Gasteiger partial charge in [0.15, 0.2) is 5.82 Å². The molecule has 2 aromatic carbocycles. The minimum absolute atomic E-state index is 0.00360. The standard InChI is InChI=1S/C25H25N5O3S/c1-3-33-20-7-5-4-6-19(20)25(31)30-14-12-29(13-15-30)24-23-22(26-16-27-24)21(28-34-23)17-8-10-18(32-2)11-9-17/h4-11,16H,3,12-15H2,1-2H3. The second-order valence-corrected chi connectivity index (χ2v) is 8.62. The molecule has 174 valence electrons. The molecule has 0 saturated carbocycles. The Bertz CT molecular complexity index is 1300. The van der Waals surface area contributed by atoms with E-state index in [0.29, 0.717) is 44.1 Å². The zero-order valence-corrected chi connectivity index (χ0v) is 19.9. The third-order valence-electron chi connectivity index (χ3n) is 5.88. The van der Waals surface area contributed by atoms with E-state index in [0.717, 1.165) is 33.0 Å². The molecular weight excluding hydrogens is 450 g/mol. The van der Waals surface area contributed by atoms with E-state index in [1.165, 1.54) is 11.5 Å². The molecule has 0 atom stereocenters. The van der Waals surface area contributed by atoms with Crippen LogP contribution in [0.2, 0.25) is 0 Å². The number of aromatic nitrogens is 3. The molecule has 0 spiro atoms.